The lowest BCUT2D eigenvalue weighted by Gasteiger charge is -2.18. The Morgan fingerprint density at radius 1 is 1.02 bits per heavy atom. The van der Waals surface area contributed by atoms with Gasteiger partial charge in [-0.1, -0.05) is 62.4 Å². The Kier molecular flexibility index (Phi) is 8.07. The first-order valence-corrected chi connectivity index (χ1v) is 15.4. The van der Waals surface area contributed by atoms with Crippen LogP contribution in [0, 0.1) is 0 Å². The van der Waals surface area contributed by atoms with Gasteiger partial charge in [-0.3, -0.25) is 9.56 Å². The predicted octanol–water partition coefficient (Wildman–Crippen LogP) is 7.66. The Hall–Kier alpha value is -3.69. The van der Waals surface area contributed by atoms with Gasteiger partial charge in [-0.15, -0.1) is 21.5 Å². The monoisotopic (exact) mass is 588 g/mol. The topological polar surface area (TPSA) is 93.4 Å². The van der Waals surface area contributed by atoms with E-state index in [4.69, 9.17) is 31.5 Å². The molecule has 1 fully saturated rings. The number of halogens is 1. The number of hydrogen-bond acceptors (Lipinski definition) is 6. The highest BCUT2D eigenvalue weighted by molar-refractivity contribution is 7.15. The van der Waals surface area contributed by atoms with Crippen molar-refractivity contribution in [1.29, 1.82) is 0 Å². The second-order valence-electron chi connectivity index (χ2n) is 10.4. The van der Waals surface area contributed by atoms with Crippen molar-refractivity contribution in [3.05, 3.63) is 87.3 Å². The molecule has 1 atom stereocenters. The SMILES string of the molecule is CCc1cc2c(s1)-n1c(C3CCCCCC3)nnc1C(NC(=O)Nc1ccc(OC)cc1)N=C2c1ccccc1Cl. The number of carbonyl (C=O) groups excluding carboxylic acids is 1. The smallest absolute Gasteiger partial charge is 0.321 e. The average molecular weight is 589 g/mol. The third-order valence-corrected chi connectivity index (χ3v) is 9.35. The molecule has 2 aromatic carbocycles. The maximum absolute atomic E-state index is 13.3. The Bertz CT molecular complexity index is 1570. The number of benzene rings is 2. The lowest BCUT2D eigenvalue weighted by atomic mass is 9.99. The summed E-state index contributed by atoms with van der Waals surface area (Å²) in [6, 6.07) is 16.7. The van der Waals surface area contributed by atoms with E-state index in [9.17, 15) is 4.79 Å². The number of hydrogen-bond donors (Lipinski definition) is 2. The van der Waals surface area contributed by atoms with Crippen LogP contribution in [0.1, 0.15) is 85.2 Å². The average Bonchev–Trinajstić information content (AvgIpc) is 3.48. The summed E-state index contributed by atoms with van der Waals surface area (Å²) >= 11 is 8.47. The quantitative estimate of drug-likeness (QED) is 0.226. The Labute approximate surface area is 248 Å². The number of rotatable bonds is 6. The van der Waals surface area contributed by atoms with Crippen molar-refractivity contribution >= 4 is 40.4 Å². The first kappa shape index (κ1) is 27.5. The van der Waals surface area contributed by atoms with Crippen molar-refractivity contribution in [2.24, 2.45) is 4.99 Å². The van der Waals surface area contributed by atoms with Crippen molar-refractivity contribution in [2.75, 3.05) is 12.4 Å². The van der Waals surface area contributed by atoms with Crippen LogP contribution in [0.4, 0.5) is 10.5 Å². The van der Waals surface area contributed by atoms with Crippen LogP contribution in [0.3, 0.4) is 0 Å². The Balaban J connectivity index is 1.46. The molecule has 6 rings (SSSR count). The van der Waals surface area contributed by atoms with Crippen molar-refractivity contribution in [2.45, 2.75) is 64.0 Å². The van der Waals surface area contributed by atoms with Crippen LogP contribution < -0.4 is 15.4 Å². The first-order valence-electron chi connectivity index (χ1n) is 14.2. The zero-order valence-electron chi connectivity index (χ0n) is 23.2. The minimum absolute atomic E-state index is 0.300. The molecule has 10 heteroatoms. The van der Waals surface area contributed by atoms with Crippen LogP contribution in [0.2, 0.25) is 5.02 Å². The van der Waals surface area contributed by atoms with Crippen LogP contribution >= 0.6 is 22.9 Å². The predicted molar refractivity (Wildman–Crippen MR) is 164 cm³/mol. The molecular formula is C31H33ClN6O2S. The molecule has 1 saturated carbocycles. The molecule has 0 saturated heterocycles. The number of aryl methyl sites for hydroxylation is 1. The van der Waals surface area contributed by atoms with E-state index in [2.05, 4.69) is 28.2 Å². The molecule has 212 valence electrons. The summed E-state index contributed by atoms with van der Waals surface area (Å²) in [5.41, 5.74) is 3.16. The van der Waals surface area contributed by atoms with E-state index < -0.39 is 12.2 Å². The fourth-order valence-corrected chi connectivity index (χ4v) is 6.96. The number of urea groups is 1. The number of nitrogens with one attached hydrogen (secondary N) is 2. The number of methoxy groups -OCH3 is 1. The highest BCUT2D eigenvalue weighted by Crippen LogP contribution is 2.40. The number of amides is 2. The molecule has 2 aliphatic rings. The van der Waals surface area contributed by atoms with Crippen LogP contribution in [0.15, 0.2) is 59.6 Å². The second kappa shape index (κ2) is 12.0. The van der Waals surface area contributed by atoms with Gasteiger partial charge >= 0.3 is 6.03 Å². The lowest BCUT2D eigenvalue weighted by molar-refractivity contribution is 0.248. The number of carbonyl (C=O) groups is 1. The van der Waals surface area contributed by atoms with Crippen LogP contribution in [0.25, 0.3) is 5.00 Å². The molecule has 4 aromatic rings. The van der Waals surface area contributed by atoms with Gasteiger partial charge in [0.1, 0.15) is 16.6 Å². The Morgan fingerprint density at radius 2 is 1.76 bits per heavy atom. The largest absolute Gasteiger partial charge is 0.497 e. The summed E-state index contributed by atoms with van der Waals surface area (Å²) < 4.78 is 7.41. The van der Waals surface area contributed by atoms with Crippen molar-refractivity contribution < 1.29 is 9.53 Å². The van der Waals surface area contributed by atoms with Gasteiger partial charge in [0, 0.05) is 32.6 Å². The van der Waals surface area contributed by atoms with E-state index in [1.54, 1.807) is 42.7 Å². The Morgan fingerprint density at radius 3 is 2.46 bits per heavy atom. The summed E-state index contributed by atoms with van der Waals surface area (Å²) in [6.45, 7) is 2.16. The molecule has 2 N–H and O–H groups in total. The molecule has 2 aromatic heterocycles. The molecule has 0 radical (unpaired) electrons. The van der Waals surface area contributed by atoms with E-state index in [1.165, 1.54) is 30.6 Å². The number of aromatic nitrogens is 3. The molecule has 1 aliphatic heterocycles. The molecule has 0 bridgehead atoms. The first-order chi connectivity index (χ1) is 20.1. The lowest BCUT2D eigenvalue weighted by Crippen LogP contribution is -2.33. The van der Waals surface area contributed by atoms with Gasteiger partial charge in [-0.05, 0) is 55.7 Å². The summed E-state index contributed by atoms with van der Waals surface area (Å²) in [5.74, 6) is 2.56. The number of anilines is 1. The fraction of sp³-hybridized carbons (Fsp3) is 0.355. The molecule has 2 amide bonds. The molecule has 8 nitrogen and oxygen atoms in total. The van der Waals surface area contributed by atoms with Crippen LogP contribution in [-0.4, -0.2) is 33.6 Å². The van der Waals surface area contributed by atoms with Crippen LogP contribution in [-0.2, 0) is 6.42 Å². The van der Waals surface area contributed by atoms with E-state index in [-0.39, 0.29) is 0 Å². The van der Waals surface area contributed by atoms with Gasteiger partial charge in [0.05, 0.1) is 12.8 Å². The molecule has 3 heterocycles. The minimum Gasteiger partial charge on any atom is -0.497 e. The van der Waals surface area contributed by atoms with Gasteiger partial charge in [-0.25, -0.2) is 4.79 Å². The van der Waals surface area contributed by atoms with Gasteiger partial charge in [0.2, 0.25) is 0 Å². The number of nitrogens with zero attached hydrogens (tertiary/aromatic N) is 4. The standard InChI is InChI=1S/C31H33ClN6O2S/c1-3-22-18-24-26(23-12-8-9-13-25(23)32)34-27(35-31(39)33-20-14-16-21(40-2)17-15-20)29-37-36-28(38(29)30(24)41-22)19-10-6-4-5-7-11-19/h8-9,12-19,27H,3-7,10-11H2,1-2H3,(H2,33,35,39). The maximum Gasteiger partial charge on any atom is 0.321 e. The zero-order chi connectivity index (χ0) is 28.3. The minimum atomic E-state index is -0.781. The molecule has 1 unspecified atom stereocenters. The fourth-order valence-electron chi connectivity index (χ4n) is 5.62. The molecule has 41 heavy (non-hydrogen) atoms. The van der Waals surface area contributed by atoms with E-state index in [0.29, 0.717) is 28.2 Å². The van der Waals surface area contributed by atoms with Gasteiger partial charge in [-0.2, -0.15) is 0 Å². The van der Waals surface area contributed by atoms with Gasteiger partial charge in [0.15, 0.2) is 12.0 Å². The number of fused-ring (bicyclic) bond motifs is 3. The van der Waals surface area contributed by atoms with Crippen molar-refractivity contribution in [3.63, 3.8) is 0 Å². The maximum atomic E-state index is 13.3. The third kappa shape index (κ3) is 5.61. The van der Waals surface area contributed by atoms with Crippen molar-refractivity contribution in [3.8, 4) is 10.8 Å². The van der Waals surface area contributed by atoms with E-state index in [1.807, 2.05) is 24.3 Å². The van der Waals surface area contributed by atoms with E-state index >= 15 is 0 Å². The highest BCUT2D eigenvalue weighted by Gasteiger charge is 2.34. The summed E-state index contributed by atoms with van der Waals surface area (Å²) in [4.78, 5) is 19.7. The third-order valence-electron chi connectivity index (χ3n) is 7.75. The summed E-state index contributed by atoms with van der Waals surface area (Å²) in [5, 5.41) is 17.1. The highest BCUT2D eigenvalue weighted by atomic mass is 35.5. The van der Waals surface area contributed by atoms with Crippen molar-refractivity contribution in [1.82, 2.24) is 20.1 Å². The normalized spacial score (nSPS) is 17.0. The zero-order valence-corrected chi connectivity index (χ0v) is 24.8. The molecular weight excluding hydrogens is 556 g/mol. The summed E-state index contributed by atoms with van der Waals surface area (Å²) in [6.07, 6.45) is 7.12. The number of aliphatic imine (C=N–C) groups is 1. The van der Waals surface area contributed by atoms with Gasteiger partial charge in [0.25, 0.3) is 0 Å². The number of ether oxygens (including phenoxy) is 1. The number of thiophene rings is 1. The van der Waals surface area contributed by atoms with E-state index in [0.717, 1.165) is 46.9 Å². The van der Waals surface area contributed by atoms with Crippen LogP contribution in [0.5, 0.6) is 5.75 Å². The molecule has 1 aliphatic carbocycles. The molecule has 0 spiro atoms. The second-order valence-corrected chi connectivity index (χ2v) is 11.9. The van der Waals surface area contributed by atoms with Gasteiger partial charge < -0.3 is 15.4 Å². The summed E-state index contributed by atoms with van der Waals surface area (Å²) in [7, 11) is 1.61.